The van der Waals surface area contributed by atoms with Crippen LogP contribution >= 0.6 is 15.9 Å². The van der Waals surface area contributed by atoms with Crippen LogP contribution in [0.2, 0.25) is 0 Å². The summed E-state index contributed by atoms with van der Waals surface area (Å²) in [5, 5.41) is 11.5. The molecule has 0 spiro atoms. The zero-order valence-corrected chi connectivity index (χ0v) is 16.2. The van der Waals surface area contributed by atoms with E-state index >= 15 is 0 Å². The zero-order chi connectivity index (χ0) is 20.5. The molecule has 0 aromatic heterocycles. The molecular weight excluding hydrogens is 451 g/mol. The maximum absolute atomic E-state index is 13.4. The van der Waals surface area contributed by atoms with Gasteiger partial charge in [0.1, 0.15) is 5.75 Å². The van der Waals surface area contributed by atoms with Crippen LogP contribution in [0.5, 0.6) is 5.75 Å². The predicted molar refractivity (Wildman–Crippen MR) is 92.3 cm³/mol. The van der Waals surface area contributed by atoms with Crippen molar-refractivity contribution >= 4 is 28.0 Å². The number of alkyl halides is 3. The van der Waals surface area contributed by atoms with Crippen LogP contribution < -0.4 is 10.3 Å². The van der Waals surface area contributed by atoms with E-state index in [1.54, 1.807) is 13.0 Å². The summed E-state index contributed by atoms with van der Waals surface area (Å²) in [5.74, 6) is -1.20. The number of hydrogen-bond donors (Lipinski definition) is 2. The quantitative estimate of drug-likeness (QED) is 0.286. The van der Waals surface area contributed by atoms with Gasteiger partial charge >= 0.3 is 12.1 Å². The van der Waals surface area contributed by atoms with Crippen molar-refractivity contribution in [3.8, 4) is 5.75 Å². The van der Waals surface area contributed by atoms with E-state index < -0.39 is 30.6 Å². The van der Waals surface area contributed by atoms with Crippen molar-refractivity contribution in [2.24, 2.45) is 0 Å². The number of nitrogens with zero attached hydrogens (tertiary/aromatic N) is 2. The SMILES string of the molecule is Cc1cc(Br)cc2c1O[C@H](C(F)(F)F)C(C(=O)OCONN(O)N1CCC1)=C2. The predicted octanol–water partition coefficient (Wildman–Crippen LogP) is 2.71. The molecule has 3 rings (SSSR count). The Hall–Kier alpha value is -1.70. The molecule has 154 valence electrons. The molecular formula is C16H17BrF3N3O5. The van der Waals surface area contributed by atoms with Gasteiger partial charge in [-0.05, 0) is 42.4 Å². The van der Waals surface area contributed by atoms with Gasteiger partial charge in [-0.3, -0.25) is 5.21 Å². The van der Waals surface area contributed by atoms with E-state index in [0.717, 1.165) is 12.5 Å². The first-order valence-electron chi connectivity index (χ1n) is 8.20. The average molecular weight is 468 g/mol. The summed E-state index contributed by atoms with van der Waals surface area (Å²) in [7, 11) is 0. The van der Waals surface area contributed by atoms with Crippen LogP contribution in [0.1, 0.15) is 17.5 Å². The molecule has 0 radical (unpaired) electrons. The van der Waals surface area contributed by atoms with Gasteiger partial charge in [0.05, 0.1) is 5.57 Å². The summed E-state index contributed by atoms with van der Waals surface area (Å²) in [6.45, 7) is 2.10. The minimum atomic E-state index is -4.82. The number of halogens is 4. The normalized spacial score (nSPS) is 19.5. The van der Waals surface area contributed by atoms with Gasteiger partial charge in [0, 0.05) is 23.1 Å². The van der Waals surface area contributed by atoms with E-state index in [9.17, 15) is 23.2 Å². The van der Waals surface area contributed by atoms with Crippen molar-refractivity contribution in [2.75, 3.05) is 19.9 Å². The van der Waals surface area contributed by atoms with Crippen molar-refractivity contribution < 1.29 is 37.5 Å². The number of hydrazine groups is 2. The highest BCUT2D eigenvalue weighted by Gasteiger charge is 2.49. The van der Waals surface area contributed by atoms with E-state index in [0.29, 0.717) is 34.0 Å². The fourth-order valence-electron chi connectivity index (χ4n) is 2.65. The molecule has 12 heteroatoms. The van der Waals surface area contributed by atoms with Gasteiger partial charge in [-0.25, -0.2) is 14.6 Å². The molecule has 2 aliphatic heterocycles. The molecule has 0 amide bonds. The third-order valence-electron chi connectivity index (χ3n) is 4.13. The lowest BCUT2D eigenvalue weighted by molar-refractivity contribution is -0.367. The third-order valence-corrected chi connectivity index (χ3v) is 4.58. The van der Waals surface area contributed by atoms with E-state index in [4.69, 9.17) is 14.3 Å². The third kappa shape index (κ3) is 4.64. The largest absolute Gasteiger partial charge is 0.475 e. The minimum absolute atomic E-state index is 0.0467. The molecule has 2 heterocycles. The monoisotopic (exact) mass is 467 g/mol. The number of carbonyl (C=O) groups is 1. The fourth-order valence-corrected chi connectivity index (χ4v) is 3.24. The molecule has 8 nitrogen and oxygen atoms in total. The highest BCUT2D eigenvalue weighted by atomic mass is 79.9. The maximum atomic E-state index is 13.4. The van der Waals surface area contributed by atoms with Crippen LogP contribution in [0, 0.1) is 6.92 Å². The Bertz CT molecular complexity index is 786. The van der Waals surface area contributed by atoms with Crippen LogP contribution in [0.25, 0.3) is 6.08 Å². The number of aryl methyl sites for hydroxylation is 1. The van der Waals surface area contributed by atoms with Crippen molar-refractivity contribution in [3.05, 3.63) is 33.3 Å². The molecule has 0 saturated carbocycles. The van der Waals surface area contributed by atoms with Crippen molar-refractivity contribution in [2.45, 2.75) is 25.6 Å². The Kier molecular flexibility index (Phi) is 6.27. The number of ether oxygens (including phenoxy) is 2. The van der Waals surface area contributed by atoms with Gasteiger partial charge in [0.2, 0.25) is 12.9 Å². The number of esters is 1. The number of fused-ring (bicyclic) bond motifs is 1. The summed E-state index contributed by atoms with van der Waals surface area (Å²) in [6, 6.07) is 3.15. The number of carbonyl (C=O) groups excluding carboxylic acids is 1. The molecule has 2 N–H and O–H groups in total. The number of nitrogens with one attached hydrogen (secondary N) is 1. The second-order valence-corrected chi connectivity index (χ2v) is 7.08. The first-order valence-corrected chi connectivity index (χ1v) is 8.99. The van der Waals surface area contributed by atoms with Crippen LogP contribution in [0.3, 0.4) is 0 Å². The van der Waals surface area contributed by atoms with Crippen molar-refractivity contribution in [1.29, 1.82) is 0 Å². The molecule has 1 atom stereocenters. The zero-order valence-electron chi connectivity index (χ0n) is 14.6. The van der Waals surface area contributed by atoms with Gasteiger partial charge in [-0.1, -0.05) is 21.5 Å². The smallest absolute Gasteiger partial charge is 0.430 e. The van der Waals surface area contributed by atoms with Crippen LogP contribution in [0.4, 0.5) is 13.2 Å². The van der Waals surface area contributed by atoms with Gasteiger partial charge < -0.3 is 9.47 Å². The number of hydrogen-bond acceptors (Lipinski definition) is 8. The van der Waals surface area contributed by atoms with E-state index in [1.807, 2.05) is 0 Å². The highest BCUT2D eigenvalue weighted by molar-refractivity contribution is 9.10. The van der Waals surface area contributed by atoms with Gasteiger partial charge in [-0.15, -0.1) is 0 Å². The number of rotatable bonds is 6. The van der Waals surface area contributed by atoms with Crippen molar-refractivity contribution in [3.63, 3.8) is 0 Å². The lowest BCUT2D eigenvalue weighted by Gasteiger charge is -2.35. The molecule has 1 fully saturated rings. The summed E-state index contributed by atoms with van der Waals surface area (Å²) in [4.78, 5) is 16.9. The molecule has 1 saturated heterocycles. The minimum Gasteiger partial charge on any atom is -0.475 e. The van der Waals surface area contributed by atoms with Gasteiger partial charge in [0.25, 0.3) is 0 Å². The van der Waals surface area contributed by atoms with Crippen molar-refractivity contribution in [1.82, 2.24) is 15.9 Å². The van der Waals surface area contributed by atoms with E-state index in [-0.39, 0.29) is 5.75 Å². The average Bonchev–Trinajstić information content (AvgIpc) is 2.54. The van der Waals surface area contributed by atoms with Gasteiger partial charge in [0.15, 0.2) is 0 Å². The van der Waals surface area contributed by atoms with E-state index in [1.165, 1.54) is 11.1 Å². The topological polar surface area (TPSA) is 83.5 Å². The number of benzene rings is 1. The molecule has 0 unspecified atom stereocenters. The van der Waals surface area contributed by atoms with Gasteiger partial charge in [-0.2, -0.15) is 13.2 Å². The second kappa shape index (κ2) is 8.35. The molecule has 1 aromatic carbocycles. The Labute approximate surface area is 166 Å². The fraction of sp³-hybridized carbons (Fsp3) is 0.438. The molecule has 2 aliphatic rings. The Morgan fingerprint density at radius 2 is 2.18 bits per heavy atom. The maximum Gasteiger partial charge on any atom is 0.430 e. The lowest BCUT2D eigenvalue weighted by Crippen LogP contribution is -2.55. The summed E-state index contributed by atoms with van der Waals surface area (Å²) in [5.41, 5.74) is 2.18. The molecule has 28 heavy (non-hydrogen) atoms. The van der Waals surface area contributed by atoms with Crippen LogP contribution in [0.15, 0.2) is 22.2 Å². The summed E-state index contributed by atoms with van der Waals surface area (Å²) in [6.07, 6.45) is -5.29. The standard InChI is InChI=1S/C16H17BrF3N3O5/c1-9-5-11(17)6-10-7-12(14(16(18,19)20)28-13(9)10)15(24)26-8-27-21-23(25)22-3-2-4-22/h5-7,14,21,25H,2-4,8H2,1H3/t14-/m0/s1. The Morgan fingerprint density at radius 1 is 1.46 bits per heavy atom. The second-order valence-electron chi connectivity index (χ2n) is 6.16. The first-order chi connectivity index (χ1) is 13.2. The summed E-state index contributed by atoms with van der Waals surface area (Å²) >= 11 is 3.26. The lowest BCUT2D eigenvalue weighted by atomic mass is 9.99. The Balaban J connectivity index is 1.69. The Morgan fingerprint density at radius 3 is 2.79 bits per heavy atom. The summed E-state index contributed by atoms with van der Waals surface area (Å²) < 4.78 is 50.7. The van der Waals surface area contributed by atoms with Crippen LogP contribution in [-0.4, -0.2) is 53.6 Å². The molecule has 0 aliphatic carbocycles. The molecule has 0 bridgehead atoms. The van der Waals surface area contributed by atoms with E-state index in [2.05, 4.69) is 21.5 Å². The first kappa shape index (κ1) is 21.0. The molecule has 1 aromatic rings. The van der Waals surface area contributed by atoms with Crippen LogP contribution in [-0.2, 0) is 14.4 Å². The highest BCUT2D eigenvalue weighted by Crippen LogP contribution is 2.40.